The van der Waals surface area contributed by atoms with E-state index in [0.717, 1.165) is 24.3 Å². The van der Waals surface area contributed by atoms with Crippen LogP contribution in [0.1, 0.15) is 12.8 Å². The lowest BCUT2D eigenvalue weighted by Gasteiger charge is -2.35. The lowest BCUT2D eigenvalue weighted by atomic mass is 10.2. The van der Waals surface area contributed by atoms with Crippen molar-refractivity contribution in [3.63, 3.8) is 0 Å². The third kappa shape index (κ3) is 3.79. The van der Waals surface area contributed by atoms with Gasteiger partial charge in [-0.05, 0) is 37.1 Å². The van der Waals surface area contributed by atoms with Crippen molar-refractivity contribution in [3.8, 4) is 5.75 Å². The van der Waals surface area contributed by atoms with Crippen molar-refractivity contribution in [2.24, 2.45) is 0 Å². The molecule has 24 heavy (non-hydrogen) atoms. The number of benzene rings is 1. The summed E-state index contributed by atoms with van der Waals surface area (Å²) in [5.41, 5.74) is 0.721. The minimum Gasteiger partial charge on any atom is -0.497 e. The van der Waals surface area contributed by atoms with Gasteiger partial charge in [0.15, 0.2) is 0 Å². The molecule has 1 atom stereocenters. The summed E-state index contributed by atoms with van der Waals surface area (Å²) in [5.74, 6) is 0.803. The summed E-state index contributed by atoms with van der Waals surface area (Å²) in [4.78, 5) is 28.1. The van der Waals surface area contributed by atoms with E-state index in [0.29, 0.717) is 32.8 Å². The number of ether oxygens (including phenoxy) is 2. The van der Waals surface area contributed by atoms with Crippen LogP contribution in [0, 0.1) is 0 Å². The number of anilines is 1. The Labute approximate surface area is 141 Å². The normalized spacial score (nSPS) is 20.8. The molecule has 7 heteroatoms. The van der Waals surface area contributed by atoms with E-state index in [4.69, 9.17) is 9.47 Å². The standard InChI is InChI=1S/C17H23N3O4/c1-23-14-6-4-13(5-7-14)18-17(22)20-10-8-19(9-11-20)16(21)15-3-2-12-24-15/h4-7,15H,2-3,8-12H2,1H3,(H,18,22)/t15-/m0/s1. The van der Waals surface area contributed by atoms with Crippen LogP contribution in [0.5, 0.6) is 5.75 Å². The highest BCUT2D eigenvalue weighted by Crippen LogP contribution is 2.17. The molecule has 1 aromatic carbocycles. The minimum atomic E-state index is -0.287. The number of hydrogen-bond acceptors (Lipinski definition) is 4. The molecule has 1 N–H and O–H groups in total. The van der Waals surface area contributed by atoms with Crippen LogP contribution >= 0.6 is 0 Å². The molecule has 1 aromatic rings. The van der Waals surface area contributed by atoms with Crippen LogP contribution in [0.4, 0.5) is 10.5 Å². The van der Waals surface area contributed by atoms with E-state index in [1.165, 1.54) is 0 Å². The number of nitrogens with zero attached hydrogens (tertiary/aromatic N) is 2. The van der Waals surface area contributed by atoms with Gasteiger partial charge in [-0.1, -0.05) is 0 Å². The largest absolute Gasteiger partial charge is 0.497 e. The maximum absolute atomic E-state index is 12.3. The van der Waals surface area contributed by atoms with Crippen LogP contribution in [0.2, 0.25) is 0 Å². The number of rotatable bonds is 3. The Morgan fingerprint density at radius 3 is 2.38 bits per heavy atom. The van der Waals surface area contributed by atoms with Crippen molar-refractivity contribution in [2.45, 2.75) is 18.9 Å². The topological polar surface area (TPSA) is 71.1 Å². The molecular weight excluding hydrogens is 310 g/mol. The molecule has 0 unspecified atom stereocenters. The SMILES string of the molecule is COc1ccc(NC(=O)N2CCN(C(=O)[C@@H]3CCCO3)CC2)cc1. The Hall–Kier alpha value is -2.28. The molecule has 2 fully saturated rings. The zero-order valence-electron chi connectivity index (χ0n) is 13.9. The average Bonchev–Trinajstić information content (AvgIpc) is 3.16. The van der Waals surface area contributed by atoms with Crippen LogP contribution in [-0.4, -0.2) is 67.7 Å². The molecule has 130 valence electrons. The van der Waals surface area contributed by atoms with Gasteiger partial charge in [0.1, 0.15) is 11.9 Å². The first-order valence-corrected chi connectivity index (χ1v) is 8.28. The summed E-state index contributed by atoms with van der Waals surface area (Å²) in [6.45, 7) is 2.82. The van der Waals surface area contributed by atoms with Crippen LogP contribution in [0.3, 0.4) is 0 Å². The summed E-state index contributed by atoms with van der Waals surface area (Å²) in [6.07, 6.45) is 1.46. The molecular formula is C17H23N3O4. The van der Waals surface area contributed by atoms with E-state index in [1.807, 2.05) is 0 Å². The van der Waals surface area contributed by atoms with E-state index in [2.05, 4.69) is 5.32 Å². The Kier molecular flexibility index (Phi) is 5.20. The highest BCUT2D eigenvalue weighted by molar-refractivity contribution is 5.89. The van der Waals surface area contributed by atoms with Crippen LogP contribution < -0.4 is 10.1 Å². The fraction of sp³-hybridized carbons (Fsp3) is 0.529. The number of urea groups is 1. The Bertz CT molecular complexity index is 576. The summed E-state index contributed by atoms with van der Waals surface area (Å²) in [7, 11) is 1.60. The van der Waals surface area contributed by atoms with Gasteiger partial charge in [-0.3, -0.25) is 4.79 Å². The van der Waals surface area contributed by atoms with Gasteiger partial charge in [0.05, 0.1) is 7.11 Å². The van der Waals surface area contributed by atoms with Gasteiger partial charge in [0.25, 0.3) is 5.91 Å². The number of carbonyl (C=O) groups is 2. The van der Waals surface area contributed by atoms with Gasteiger partial charge in [-0.15, -0.1) is 0 Å². The maximum atomic E-state index is 12.3. The molecule has 0 radical (unpaired) electrons. The highest BCUT2D eigenvalue weighted by Gasteiger charge is 2.31. The average molecular weight is 333 g/mol. The lowest BCUT2D eigenvalue weighted by Crippen LogP contribution is -2.53. The Morgan fingerprint density at radius 1 is 1.12 bits per heavy atom. The molecule has 0 spiro atoms. The number of hydrogen-bond donors (Lipinski definition) is 1. The van der Waals surface area contributed by atoms with E-state index < -0.39 is 0 Å². The predicted molar refractivity (Wildman–Crippen MR) is 89.1 cm³/mol. The van der Waals surface area contributed by atoms with Gasteiger partial charge in [0, 0.05) is 38.5 Å². The van der Waals surface area contributed by atoms with E-state index in [1.54, 1.807) is 41.2 Å². The van der Waals surface area contributed by atoms with Crippen LogP contribution in [0.25, 0.3) is 0 Å². The van der Waals surface area contributed by atoms with Crippen molar-refractivity contribution in [1.82, 2.24) is 9.80 Å². The summed E-state index contributed by atoms with van der Waals surface area (Å²) < 4.78 is 10.5. The maximum Gasteiger partial charge on any atom is 0.321 e. The number of nitrogens with one attached hydrogen (secondary N) is 1. The summed E-state index contributed by atoms with van der Waals surface area (Å²) in [6, 6.07) is 7.05. The number of methoxy groups -OCH3 is 1. The van der Waals surface area contributed by atoms with Crippen molar-refractivity contribution >= 4 is 17.6 Å². The smallest absolute Gasteiger partial charge is 0.321 e. The first kappa shape index (κ1) is 16.6. The van der Waals surface area contributed by atoms with Gasteiger partial charge in [-0.2, -0.15) is 0 Å². The number of piperazine rings is 1. The van der Waals surface area contributed by atoms with Gasteiger partial charge >= 0.3 is 6.03 Å². The van der Waals surface area contributed by atoms with Crippen LogP contribution in [0.15, 0.2) is 24.3 Å². The first-order chi connectivity index (χ1) is 11.7. The van der Waals surface area contributed by atoms with Crippen molar-refractivity contribution in [2.75, 3.05) is 45.2 Å². The number of amides is 3. The zero-order chi connectivity index (χ0) is 16.9. The van der Waals surface area contributed by atoms with E-state index in [9.17, 15) is 9.59 Å². The molecule has 0 aromatic heterocycles. The molecule has 2 saturated heterocycles. The molecule has 3 amide bonds. The third-order valence-corrected chi connectivity index (χ3v) is 4.42. The quantitative estimate of drug-likeness (QED) is 0.911. The molecule has 0 aliphatic carbocycles. The fourth-order valence-electron chi connectivity index (χ4n) is 2.98. The van der Waals surface area contributed by atoms with Crippen molar-refractivity contribution < 1.29 is 19.1 Å². The Morgan fingerprint density at radius 2 is 1.79 bits per heavy atom. The second-order valence-electron chi connectivity index (χ2n) is 5.97. The van der Waals surface area contributed by atoms with Crippen molar-refractivity contribution in [3.05, 3.63) is 24.3 Å². The van der Waals surface area contributed by atoms with Crippen molar-refractivity contribution in [1.29, 1.82) is 0 Å². The van der Waals surface area contributed by atoms with Gasteiger partial charge in [0.2, 0.25) is 0 Å². The predicted octanol–water partition coefficient (Wildman–Crippen LogP) is 1.55. The van der Waals surface area contributed by atoms with E-state index in [-0.39, 0.29) is 18.0 Å². The molecule has 2 aliphatic heterocycles. The molecule has 3 rings (SSSR count). The lowest BCUT2D eigenvalue weighted by molar-refractivity contribution is -0.142. The van der Waals surface area contributed by atoms with Gasteiger partial charge in [-0.25, -0.2) is 4.79 Å². The van der Waals surface area contributed by atoms with E-state index >= 15 is 0 Å². The summed E-state index contributed by atoms with van der Waals surface area (Å²) in [5, 5.41) is 2.87. The first-order valence-electron chi connectivity index (χ1n) is 8.28. The highest BCUT2D eigenvalue weighted by atomic mass is 16.5. The molecule has 2 aliphatic rings. The second kappa shape index (κ2) is 7.53. The molecule has 7 nitrogen and oxygen atoms in total. The molecule has 0 saturated carbocycles. The second-order valence-corrected chi connectivity index (χ2v) is 5.97. The Balaban J connectivity index is 1.48. The zero-order valence-corrected chi connectivity index (χ0v) is 13.9. The molecule has 0 bridgehead atoms. The monoisotopic (exact) mass is 333 g/mol. The summed E-state index contributed by atoms with van der Waals surface area (Å²) >= 11 is 0. The number of carbonyl (C=O) groups excluding carboxylic acids is 2. The minimum absolute atomic E-state index is 0.0581. The molecule has 2 heterocycles. The fourth-order valence-corrected chi connectivity index (χ4v) is 2.98. The third-order valence-electron chi connectivity index (χ3n) is 4.42. The van der Waals surface area contributed by atoms with Gasteiger partial charge < -0.3 is 24.6 Å². The van der Waals surface area contributed by atoms with Crippen LogP contribution in [-0.2, 0) is 9.53 Å².